The molecular weight excluding hydrogens is 1680 g/mol. The van der Waals surface area contributed by atoms with E-state index in [0.29, 0.717) is 78.9 Å². The van der Waals surface area contributed by atoms with Gasteiger partial charge >= 0.3 is 24.2 Å². The van der Waals surface area contributed by atoms with Gasteiger partial charge in [-0.3, -0.25) is 40.2 Å². The highest BCUT2D eigenvalue weighted by Gasteiger charge is 2.34. The molecule has 3 aliphatic carbocycles. The smallest absolute Gasteiger partial charge is 0.410 e. The fourth-order valence-electron chi connectivity index (χ4n) is 15.0. The molecule has 7 aromatic rings. The Bertz CT molecular complexity index is 4970. The number of methoxy groups -OCH3 is 10. The summed E-state index contributed by atoms with van der Waals surface area (Å²) in [5.41, 5.74) is 14.9. The largest absolute Gasteiger partial charge is 0.444 e. The molecule has 0 unspecified atom stereocenters. The standard InChI is InChI=1S/C25H31FN6O5.C20H23FN6O3.C19H30N2O4.C14H22N2O2.C13H17NO3.3CH4/c1-25(2,3)37-24(34)31(4)14-16-10-15-8-7-9-32(21(15)30-20(16)22(35-5)36-6)23(33)29-19-11-18(26)17(12-27)13-28-19;1-23-10-13-7-12-5-4-6-27(18(12)26-17(13)19(29-2)30-3)20(28)25-16-8-15(21)14(9-22)11-24-16;1-19(2,3)25-18(22)21(4)12-14-11-13-9-7-8-10-15(13)20-16(14)17(23-5)24-6;1-15-9-11-8-10-6-4-5-7-12(10)16-13(11)14(17-2)18-3;1-16-13(17-2)12-10(8-15)7-9-5-3-4-6-11(9)14-12;;;/h10-11,13,22H,7-9,14H2,1-6H3,(H,28,29,33);7-8,11,19,23H,4-6,10H2,1-3H3,(H,24,25,28);11,17H,7-10,12H2,1-6H3;8,14-15H,4-7,9H2,1-3H3;7-8,13H,3-6H2,1-2H3;3*1H4. The number of hydrogen-bond donors (Lipinski definition) is 4. The lowest BCUT2D eigenvalue weighted by molar-refractivity contribution is -0.109. The van der Waals surface area contributed by atoms with Crippen LogP contribution in [0.15, 0.2) is 54.9 Å². The molecule has 4 N–H and O–H groups in total. The van der Waals surface area contributed by atoms with Gasteiger partial charge in [-0.15, -0.1) is 0 Å². The zero-order valence-corrected chi connectivity index (χ0v) is 76.7. The number of nitrogens with zero attached hydrogens (tertiary/aromatic N) is 13. The van der Waals surface area contributed by atoms with Crippen molar-refractivity contribution in [2.24, 2.45) is 0 Å². The second-order valence-corrected chi connectivity index (χ2v) is 32.6. The van der Waals surface area contributed by atoms with Crippen LogP contribution in [0.4, 0.5) is 51.2 Å². The Morgan fingerprint density at radius 1 is 0.438 bits per heavy atom. The summed E-state index contributed by atoms with van der Waals surface area (Å²) in [5.74, 6) is -0.646. The maximum Gasteiger partial charge on any atom is 0.410 e. The van der Waals surface area contributed by atoms with Crippen LogP contribution < -0.4 is 31.1 Å². The van der Waals surface area contributed by atoms with Gasteiger partial charge in [0, 0.05) is 146 Å². The molecule has 0 atom stereocenters. The summed E-state index contributed by atoms with van der Waals surface area (Å²) in [4.78, 5) is 99.3. The van der Waals surface area contributed by atoms with Gasteiger partial charge in [0.2, 0.25) is 31.5 Å². The third-order valence-corrected chi connectivity index (χ3v) is 21.0. The highest BCUT2D eigenvalue weighted by molar-refractivity contribution is 6.02. The Kier molecular flexibility index (Phi) is 44.6. The molecule has 0 bridgehead atoms. The number of aldehydes is 1. The molecular formula is C94H135F2N17O17. The Balaban J connectivity index is 0.000000294. The first-order chi connectivity index (χ1) is 60.8. The van der Waals surface area contributed by atoms with Gasteiger partial charge in [0.05, 0.1) is 25.5 Å². The molecule has 130 heavy (non-hydrogen) atoms. The van der Waals surface area contributed by atoms with E-state index in [1.165, 1.54) is 96.8 Å². The van der Waals surface area contributed by atoms with Crippen LogP contribution in [0.1, 0.15) is 264 Å². The van der Waals surface area contributed by atoms with Gasteiger partial charge in [0.25, 0.3) is 0 Å². The normalized spacial score (nSPS) is 13.5. The number of halogens is 2. The van der Waals surface area contributed by atoms with Gasteiger partial charge in [-0.05, 0) is 227 Å². The van der Waals surface area contributed by atoms with Crippen molar-refractivity contribution in [3.63, 3.8) is 0 Å². The summed E-state index contributed by atoms with van der Waals surface area (Å²) in [7, 11) is 22.7. The SMILES string of the molecule is C.C.C.CNCc1cc2c(nc1C(OC)OC)CCCC2.CNCc1cc2c(nc1C(OC)OC)N(C(=O)Nc1cc(F)c(C#N)cn1)CCC2.COC(OC)c1nc2c(cc1C=O)CCCC2.COC(OC)c1nc2c(cc1CN(C)C(=O)OC(C)(C)C)CCCC2.COC(OC)c1nc2c(cc1CN(C)C(=O)OC(C)(C)C)CCCN2C(=O)Nc1cc(F)c(C#N)cn1. The fourth-order valence-corrected chi connectivity index (χ4v) is 15.0. The van der Waals surface area contributed by atoms with Gasteiger partial charge in [-0.2, -0.15) is 10.5 Å². The van der Waals surface area contributed by atoms with Crippen molar-refractivity contribution in [1.29, 1.82) is 10.5 Å². The molecule has 0 saturated carbocycles. The monoisotopic (exact) mass is 1810 g/mol. The number of urea groups is 2. The van der Waals surface area contributed by atoms with Crippen molar-refractivity contribution in [1.82, 2.24) is 55.3 Å². The van der Waals surface area contributed by atoms with Crippen LogP contribution in [0.2, 0.25) is 0 Å². The number of anilines is 4. The van der Waals surface area contributed by atoms with E-state index < -0.39 is 66.2 Å². The summed E-state index contributed by atoms with van der Waals surface area (Å²) in [6, 6.07) is 14.6. The first-order valence-corrected chi connectivity index (χ1v) is 42.1. The van der Waals surface area contributed by atoms with E-state index >= 15 is 0 Å². The molecule has 0 radical (unpaired) electrons. The Morgan fingerprint density at radius 3 is 1.06 bits per heavy atom. The van der Waals surface area contributed by atoms with E-state index in [9.17, 15) is 32.8 Å². The molecule has 2 aliphatic heterocycles. The number of rotatable bonds is 26. The molecule has 12 rings (SSSR count). The van der Waals surface area contributed by atoms with E-state index in [-0.39, 0.29) is 64.0 Å². The summed E-state index contributed by atoms with van der Waals surface area (Å²) in [6.07, 6.45) is 15.3. The molecule has 0 aromatic carbocycles. The second-order valence-electron chi connectivity index (χ2n) is 32.6. The van der Waals surface area contributed by atoms with Gasteiger partial charge in [0.1, 0.15) is 97.8 Å². The highest BCUT2D eigenvalue weighted by atomic mass is 19.1. The predicted octanol–water partition coefficient (Wildman–Crippen LogP) is 16.2. The highest BCUT2D eigenvalue weighted by Crippen LogP contribution is 2.37. The van der Waals surface area contributed by atoms with E-state index in [1.807, 2.05) is 53.1 Å². The number of nitriles is 2. The van der Waals surface area contributed by atoms with Crippen molar-refractivity contribution >= 4 is 53.8 Å². The van der Waals surface area contributed by atoms with E-state index in [2.05, 4.69) is 48.4 Å². The number of carbonyl (C=O) groups is 5. The molecule has 34 nitrogen and oxygen atoms in total. The Hall–Kier alpha value is -10.8. The lowest BCUT2D eigenvalue weighted by Crippen LogP contribution is -2.40. The number of aryl methyl sites for hydroxylation is 8. The maximum atomic E-state index is 14.0. The third kappa shape index (κ3) is 29.8. The van der Waals surface area contributed by atoms with Crippen LogP contribution in [0.25, 0.3) is 0 Å². The van der Waals surface area contributed by atoms with E-state index in [0.717, 1.165) is 147 Å². The van der Waals surface area contributed by atoms with Crippen molar-refractivity contribution in [3.05, 3.63) is 179 Å². The molecule has 712 valence electrons. The zero-order chi connectivity index (χ0) is 92.8. The van der Waals surface area contributed by atoms with E-state index in [1.54, 1.807) is 94.6 Å². The second kappa shape index (κ2) is 52.9. The van der Waals surface area contributed by atoms with Crippen LogP contribution in [-0.4, -0.2) is 199 Å². The number of aromatic nitrogens is 7. The molecule has 7 aromatic heterocycles. The number of hydrogen-bond acceptors (Lipinski definition) is 28. The molecule has 0 spiro atoms. The van der Waals surface area contributed by atoms with Crippen LogP contribution in [0.3, 0.4) is 0 Å². The van der Waals surface area contributed by atoms with Gasteiger partial charge in [-0.25, -0.2) is 47.9 Å². The number of amides is 6. The molecule has 5 aliphatic rings. The summed E-state index contributed by atoms with van der Waals surface area (Å²) in [5, 5.41) is 29.1. The first-order valence-electron chi connectivity index (χ1n) is 42.1. The quantitative estimate of drug-likeness (QED) is 0.0289. The van der Waals surface area contributed by atoms with Crippen molar-refractivity contribution in [2.45, 2.75) is 235 Å². The minimum Gasteiger partial charge on any atom is -0.444 e. The number of nitrogens with one attached hydrogen (secondary N) is 4. The molecule has 36 heteroatoms. The molecule has 0 saturated heterocycles. The lowest BCUT2D eigenvalue weighted by atomic mass is 9.93. The molecule has 9 heterocycles. The van der Waals surface area contributed by atoms with Gasteiger partial charge in [0.15, 0.2) is 6.29 Å². The maximum absolute atomic E-state index is 14.0. The lowest BCUT2D eigenvalue weighted by Gasteiger charge is -2.31. The topological polar surface area (TPSA) is 395 Å². The summed E-state index contributed by atoms with van der Waals surface area (Å²) in [6.45, 7) is 13.7. The molecule has 6 amide bonds. The minimum absolute atomic E-state index is 0. The summed E-state index contributed by atoms with van der Waals surface area (Å²) >= 11 is 0. The zero-order valence-electron chi connectivity index (χ0n) is 76.7. The number of carbonyl (C=O) groups excluding carboxylic acids is 5. The molecule has 0 fully saturated rings. The number of ether oxygens (including phenoxy) is 12. The van der Waals surface area contributed by atoms with Crippen LogP contribution in [0, 0.1) is 34.3 Å². The third-order valence-electron chi connectivity index (χ3n) is 21.0. The van der Waals surface area contributed by atoms with E-state index in [4.69, 9.17) is 87.3 Å². The first kappa shape index (κ1) is 110. The minimum atomic E-state index is -0.853. The predicted molar refractivity (Wildman–Crippen MR) is 489 cm³/mol. The fraction of sp³-hybridized carbons (Fsp3) is 0.553. The van der Waals surface area contributed by atoms with Crippen LogP contribution >= 0.6 is 0 Å². The Morgan fingerprint density at radius 2 is 0.731 bits per heavy atom. The van der Waals surface area contributed by atoms with Gasteiger partial charge in [-0.1, -0.05) is 34.4 Å². The van der Waals surface area contributed by atoms with Crippen LogP contribution in [-0.2, 0) is 134 Å². The number of fused-ring (bicyclic) bond motifs is 5. The average molecular weight is 1810 g/mol. The van der Waals surface area contributed by atoms with Crippen LogP contribution in [0.5, 0.6) is 0 Å². The van der Waals surface area contributed by atoms with Crippen molar-refractivity contribution in [2.75, 3.05) is 133 Å². The Labute approximate surface area is 764 Å². The number of pyridine rings is 7. The summed E-state index contributed by atoms with van der Waals surface area (Å²) < 4.78 is 92.3. The van der Waals surface area contributed by atoms with Crippen molar-refractivity contribution < 1.29 is 89.6 Å². The average Bonchev–Trinajstić information content (AvgIpc) is 0.780. The van der Waals surface area contributed by atoms with Gasteiger partial charge < -0.3 is 77.3 Å². The van der Waals surface area contributed by atoms with Crippen molar-refractivity contribution in [3.8, 4) is 12.1 Å².